The topological polar surface area (TPSA) is 64.3 Å². The largest absolute Gasteiger partial charge is 0.484 e. The molecule has 1 amide bonds. The third kappa shape index (κ3) is 4.65. The van der Waals surface area contributed by atoms with Crippen molar-refractivity contribution in [2.45, 2.75) is 33.2 Å². The minimum atomic E-state index is -0.470. The number of nitrogens with one attached hydrogen (secondary N) is 1. The molecule has 1 aromatic rings. The van der Waals surface area contributed by atoms with Crippen molar-refractivity contribution in [3.8, 4) is 5.75 Å². The summed E-state index contributed by atoms with van der Waals surface area (Å²) in [6.07, 6.45) is 1.06. The molecule has 0 aliphatic carbocycles. The predicted molar refractivity (Wildman–Crippen MR) is 73.7 cm³/mol. The van der Waals surface area contributed by atoms with Crippen LogP contribution in [0.1, 0.15) is 27.2 Å². The molecule has 4 nitrogen and oxygen atoms in total. The van der Waals surface area contributed by atoms with E-state index in [1.54, 1.807) is 0 Å². The standard InChI is InChI=1S/C14H22N2O2/c1-4-13(10(2)3)16-11-6-5-7-12(8-11)18-9-14(15)17/h5-8,10,13,16H,4,9H2,1-3H3,(H2,15,17). The van der Waals surface area contributed by atoms with Gasteiger partial charge in [0.15, 0.2) is 6.61 Å². The highest BCUT2D eigenvalue weighted by Gasteiger charge is 2.10. The van der Waals surface area contributed by atoms with Crippen molar-refractivity contribution in [2.24, 2.45) is 11.7 Å². The third-order valence-corrected chi connectivity index (χ3v) is 2.81. The fourth-order valence-corrected chi connectivity index (χ4v) is 1.78. The SMILES string of the molecule is CCC(Nc1cccc(OCC(N)=O)c1)C(C)C. The summed E-state index contributed by atoms with van der Waals surface area (Å²) in [5.74, 6) is 0.740. The molecule has 18 heavy (non-hydrogen) atoms. The quantitative estimate of drug-likeness (QED) is 0.781. The summed E-state index contributed by atoms with van der Waals surface area (Å²) in [7, 11) is 0. The number of hydrogen-bond acceptors (Lipinski definition) is 3. The predicted octanol–water partition coefficient (Wildman–Crippen LogP) is 2.40. The number of hydrogen-bond donors (Lipinski definition) is 2. The number of nitrogens with two attached hydrogens (primary N) is 1. The summed E-state index contributed by atoms with van der Waals surface area (Å²) in [6, 6.07) is 8.00. The van der Waals surface area contributed by atoms with Crippen LogP contribution in [0.2, 0.25) is 0 Å². The zero-order valence-electron chi connectivity index (χ0n) is 11.3. The number of carbonyl (C=O) groups excluding carboxylic acids is 1. The Hall–Kier alpha value is -1.71. The molecule has 1 rings (SSSR count). The van der Waals surface area contributed by atoms with Gasteiger partial charge in [-0.15, -0.1) is 0 Å². The number of ether oxygens (including phenoxy) is 1. The van der Waals surface area contributed by atoms with Gasteiger partial charge in [0.25, 0.3) is 5.91 Å². The summed E-state index contributed by atoms with van der Waals surface area (Å²) in [5, 5.41) is 3.46. The maximum absolute atomic E-state index is 10.7. The van der Waals surface area contributed by atoms with Crippen LogP contribution in [0.25, 0.3) is 0 Å². The van der Waals surface area contributed by atoms with E-state index in [1.807, 2.05) is 24.3 Å². The van der Waals surface area contributed by atoms with E-state index in [0.29, 0.717) is 17.7 Å². The first-order chi connectivity index (χ1) is 8.52. The molecule has 0 aliphatic heterocycles. The minimum absolute atomic E-state index is 0.0924. The summed E-state index contributed by atoms with van der Waals surface area (Å²) in [4.78, 5) is 10.7. The summed E-state index contributed by atoms with van der Waals surface area (Å²) in [5.41, 5.74) is 6.04. The van der Waals surface area contributed by atoms with Crippen LogP contribution >= 0.6 is 0 Å². The second-order valence-electron chi connectivity index (χ2n) is 4.69. The van der Waals surface area contributed by atoms with E-state index in [9.17, 15) is 4.79 Å². The van der Waals surface area contributed by atoms with Crippen LogP contribution in [0.4, 0.5) is 5.69 Å². The van der Waals surface area contributed by atoms with Gasteiger partial charge >= 0.3 is 0 Å². The Balaban J connectivity index is 2.66. The van der Waals surface area contributed by atoms with E-state index in [4.69, 9.17) is 10.5 Å². The molecule has 0 radical (unpaired) electrons. The first-order valence-corrected chi connectivity index (χ1v) is 6.30. The molecular weight excluding hydrogens is 228 g/mol. The summed E-state index contributed by atoms with van der Waals surface area (Å²) in [6.45, 7) is 6.44. The molecule has 0 fully saturated rings. The van der Waals surface area contributed by atoms with Crippen LogP contribution in [-0.4, -0.2) is 18.6 Å². The lowest BCUT2D eigenvalue weighted by Gasteiger charge is -2.22. The Morgan fingerprint density at radius 3 is 2.72 bits per heavy atom. The van der Waals surface area contributed by atoms with Crippen LogP contribution in [0, 0.1) is 5.92 Å². The Labute approximate surface area is 109 Å². The van der Waals surface area contributed by atoms with Crippen LogP contribution in [-0.2, 0) is 4.79 Å². The fourth-order valence-electron chi connectivity index (χ4n) is 1.78. The van der Waals surface area contributed by atoms with E-state index in [2.05, 4.69) is 26.1 Å². The second-order valence-corrected chi connectivity index (χ2v) is 4.69. The Morgan fingerprint density at radius 1 is 1.44 bits per heavy atom. The number of benzene rings is 1. The van der Waals surface area contributed by atoms with Gasteiger partial charge in [-0.2, -0.15) is 0 Å². The highest BCUT2D eigenvalue weighted by molar-refractivity contribution is 5.75. The van der Waals surface area contributed by atoms with Gasteiger partial charge in [-0.3, -0.25) is 4.79 Å². The molecule has 0 aromatic heterocycles. The van der Waals surface area contributed by atoms with Crippen molar-refractivity contribution >= 4 is 11.6 Å². The van der Waals surface area contributed by atoms with Gasteiger partial charge in [0, 0.05) is 17.8 Å². The molecular formula is C14H22N2O2. The molecule has 100 valence electrons. The molecule has 1 atom stereocenters. The average Bonchev–Trinajstić information content (AvgIpc) is 2.33. The zero-order chi connectivity index (χ0) is 13.5. The van der Waals surface area contributed by atoms with Crippen molar-refractivity contribution in [3.63, 3.8) is 0 Å². The van der Waals surface area contributed by atoms with Gasteiger partial charge in [-0.25, -0.2) is 0 Å². The molecule has 1 unspecified atom stereocenters. The van der Waals surface area contributed by atoms with Crippen LogP contribution in [0.15, 0.2) is 24.3 Å². The summed E-state index contributed by atoms with van der Waals surface area (Å²) >= 11 is 0. The number of amides is 1. The van der Waals surface area contributed by atoms with Gasteiger partial charge in [0.05, 0.1) is 0 Å². The molecule has 0 aliphatic rings. The Bertz CT molecular complexity index is 391. The number of anilines is 1. The van der Waals surface area contributed by atoms with Gasteiger partial charge in [-0.1, -0.05) is 26.8 Å². The zero-order valence-corrected chi connectivity index (χ0v) is 11.3. The van der Waals surface area contributed by atoms with Crippen molar-refractivity contribution < 1.29 is 9.53 Å². The average molecular weight is 250 g/mol. The van der Waals surface area contributed by atoms with Crippen molar-refractivity contribution in [2.75, 3.05) is 11.9 Å². The maximum Gasteiger partial charge on any atom is 0.255 e. The lowest BCUT2D eigenvalue weighted by Crippen LogP contribution is -2.24. The van der Waals surface area contributed by atoms with E-state index >= 15 is 0 Å². The highest BCUT2D eigenvalue weighted by atomic mass is 16.5. The van der Waals surface area contributed by atoms with E-state index in [0.717, 1.165) is 12.1 Å². The van der Waals surface area contributed by atoms with Crippen molar-refractivity contribution in [3.05, 3.63) is 24.3 Å². The molecule has 0 spiro atoms. The van der Waals surface area contributed by atoms with Gasteiger partial charge in [0.1, 0.15) is 5.75 Å². The molecule has 3 N–H and O–H groups in total. The maximum atomic E-state index is 10.7. The van der Waals surface area contributed by atoms with Crippen LogP contribution in [0.3, 0.4) is 0 Å². The first kappa shape index (κ1) is 14.4. The minimum Gasteiger partial charge on any atom is -0.484 e. The van der Waals surface area contributed by atoms with Crippen molar-refractivity contribution in [1.82, 2.24) is 0 Å². The highest BCUT2D eigenvalue weighted by Crippen LogP contribution is 2.20. The van der Waals surface area contributed by atoms with E-state index in [1.165, 1.54) is 0 Å². The monoisotopic (exact) mass is 250 g/mol. The smallest absolute Gasteiger partial charge is 0.255 e. The molecule has 0 saturated carbocycles. The molecule has 1 aromatic carbocycles. The number of primary amides is 1. The van der Waals surface area contributed by atoms with E-state index < -0.39 is 5.91 Å². The van der Waals surface area contributed by atoms with Crippen LogP contribution in [0.5, 0.6) is 5.75 Å². The first-order valence-electron chi connectivity index (χ1n) is 6.30. The molecule has 0 heterocycles. The van der Waals surface area contributed by atoms with Crippen molar-refractivity contribution in [1.29, 1.82) is 0 Å². The van der Waals surface area contributed by atoms with Gasteiger partial charge < -0.3 is 15.8 Å². The Morgan fingerprint density at radius 2 is 2.17 bits per heavy atom. The Kier molecular flexibility index (Phi) is 5.49. The normalized spacial score (nSPS) is 12.2. The molecule has 0 saturated heterocycles. The lowest BCUT2D eigenvalue weighted by molar-refractivity contribution is -0.119. The second kappa shape index (κ2) is 6.89. The summed E-state index contributed by atoms with van der Waals surface area (Å²) < 4.78 is 5.27. The lowest BCUT2D eigenvalue weighted by atomic mass is 10.0. The number of carbonyl (C=O) groups is 1. The molecule has 0 bridgehead atoms. The van der Waals surface area contributed by atoms with Crippen LogP contribution < -0.4 is 15.8 Å². The fraction of sp³-hybridized carbons (Fsp3) is 0.500. The van der Waals surface area contributed by atoms with Gasteiger partial charge in [-0.05, 0) is 24.5 Å². The van der Waals surface area contributed by atoms with E-state index in [-0.39, 0.29) is 6.61 Å². The van der Waals surface area contributed by atoms with Gasteiger partial charge in [0.2, 0.25) is 0 Å². The third-order valence-electron chi connectivity index (χ3n) is 2.81. The molecule has 4 heteroatoms. The number of rotatable bonds is 7.